The second-order valence-electron chi connectivity index (χ2n) is 3.36. The first-order valence-corrected chi connectivity index (χ1v) is 5.45. The molecule has 0 aliphatic rings. The number of anilines is 1. The maximum atomic E-state index is 12.7. The van der Waals surface area contributed by atoms with Crippen LogP contribution in [0.1, 0.15) is 10.6 Å². The third-order valence-corrected chi connectivity index (χ3v) is 2.97. The van der Waals surface area contributed by atoms with Crippen molar-refractivity contribution in [1.29, 1.82) is 0 Å². The maximum Gasteiger partial charge on any atom is 0.176 e. The highest BCUT2D eigenvalue weighted by Gasteiger charge is 2.03. The summed E-state index contributed by atoms with van der Waals surface area (Å²) in [5, 5.41) is 7.29. The van der Waals surface area contributed by atoms with E-state index in [-0.39, 0.29) is 5.13 Å². The lowest BCUT2D eigenvalue weighted by Gasteiger charge is -2.01. The number of aryl methyl sites for hydroxylation is 2. The zero-order valence-electron chi connectivity index (χ0n) is 8.62. The van der Waals surface area contributed by atoms with E-state index in [4.69, 9.17) is 0 Å². The zero-order valence-corrected chi connectivity index (χ0v) is 9.44. The lowest BCUT2D eigenvalue weighted by Crippen LogP contribution is -1.97. The minimum Gasteiger partial charge on any atom is -0.377 e. The van der Waals surface area contributed by atoms with Crippen molar-refractivity contribution < 1.29 is 4.39 Å². The quantitative estimate of drug-likeness (QED) is 0.870. The van der Waals surface area contributed by atoms with Crippen LogP contribution in [0.5, 0.6) is 0 Å². The number of thiophene rings is 1. The van der Waals surface area contributed by atoms with Crippen LogP contribution in [-0.2, 0) is 13.6 Å². The van der Waals surface area contributed by atoms with Crippen molar-refractivity contribution in [3.8, 4) is 0 Å². The molecule has 2 heterocycles. The fourth-order valence-corrected chi connectivity index (χ4v) is 2.07. The highest BCUT2D eigenvalue weighted by Crippen LogP contribution is 2.17. The van der Waals surface area contributed by atoms with Crippen LogP contribution < -0.4 is 5.32 Å². The van der Waals surface area contributed by atoms with Gasteiger partial charge < -0.3 is 5.32 Å². The highest BCUT2D eigenvalue weighted by atomic mass is 32.1. The summed E-state index contributed by atoms with van der Waals surface area (Å²) in [5.74, 6) is 0. The molecule has 5 heteroatoms. The molecule has 0 radical (unpaired) electrons. The first-order valence-electron chi connectivity index (χ1n) is 4.63. The smallest absolute Gasteiger partial charge is 0.176 e. The van der Waals surface area contributed by atoms with Gasteiger partial charge in [-0.05, 0) is 19.1 Å². The van der Waals surface area contributed by atoms with Gasteiger partial charge >= 0.3 is 0 Å². The van der Waals surface area contributed by atoms with Gasteiger partial charge in [-0.15, -0.1) is 11.3 Å². The van der Waals surface area contributed by atoms with Crippen LogP contribution in [0.15, 0.2) is 18.3 Å². The molecule has 0 fully saturated rings. The summed E-state index contributed by atoms with van der Waals surface area (Å²) >= 11 is 1.16. The number of hydrogen-bond acceptors (Lipinski definition) is 3. The molecule has 2 aromatic heterocycles. The summed E-state index contributed by atoms with van der Waals surface area (Å²) in [6.07, 6.45) is 1.92. The maximum absolute atomic E-state index is 12.7. The van der Waals surface area contributed by atoms with E-state index in [1.807, 2.05) is 20.2 Å². The Morgan fingerprint density at radius 3 is 2.87 bits per heavy atom. The van der Waals surface area contributed by atoms with Gasteiger partial charge in [0, 0.05) is 24.7 Å². The molecule has 2 aromatic rings. The second kappa shape index (κ2) is 4.02. The number of rotatable bonds is 3. The minimum atomic E-state index is -0.144. The Morgan fingerprint density at radius 2 is 2.33 bits per heavy atom. The van der Waals surface area contributed by atoms with Crippen LogP contribution in [-0.4, -0.2) is 9.78 Å². The molecule has 2 rings (SSSR count). The standard InChI is InChI=1S/C10H12FN3S/c1-7-9(6-14(2)13-7)12-5-8-3-4-10(11)15-8/h3-4,6,12H,5H2,1-2H3. The average Bonchev–Trinajstić information content (AvgIpc) is 2.70. The van der Waals surface area contributed by atoms with Gasteiger partial charge in [-0.25, -0.2) is 0 Å². The Hall–Kier alpha value is -1.36. The first kappa shape index (κ1) is 10.2. The van der Waals surface area contributed by atoms with E-state index in [0.29, 0.717) is 6.54 Å². The van der Waals surface area contributed by atoms with Gasteiger partial charge in [0.2, 0.25) is 0 Å². The average molecular weight is 225 g/mol. The van der Waals surface area contributed by atoms with Crippen molar-refractivity contribution in [2.45, 2.75) is 13.5 Å². The normalized spacial score (nSPS) is 10.6. The van der Waals surface area contributed by atoms with E-state index < -0.39 is 0 Å². The molecule has 0 spiro atoms. The molecule has 0 saturated carbocycles. The second-order valence-corrected chi connectivity index (χ2v) is 4.48. The predicted octanol–water partition coefficient (Wildman–Crippen LogP) is 2.54. The summed E-state index contributed by atoms with van der Waals surface area (Å²) in [6, 6.07) is 3.27. The van der Waals surface area contributed by atoms with Crippen LogP contribution in [0.4, 0.5) is 10.1 Å². The SMILES string of the molecule is Cc1nn(C)cc1NCc1ccc(F)s1. The van der Waals surface area contributed by atoms with Crippen molar-refractivity contribution in [1.82, 2.24) is 9.78 Å². The Kier molecular flexibility index (Phi) is 2.73. The molecular weight excluding hydrogens is 213 g/mol. The lowest BCUT2D eigenvalue weighted by atomic mass is 10.4. The molecule has 3 nitrogen and oxygen atoms in total. The molecule has 0 aliphatic carbocycles. The van der Waals surface area contributed by atoms with Gasteiger partial charge in [-0.1, -0.05) is 0 Å². The molecule has 0 saturated heterocycles. The molecule has 0 amide bonds. The van der Waals surface area contributed by atoms with Gasteiger partial charge in [0.05, 0.1) is 11.4 Å². The number of nitrogens with zero attached hydrogens (tertiary/aromatic N) is 2. The van der Waals surface area contributed by atoms with Crippen LogP contribution in [0.2, 0.25) is 0 Å². The highest BCUT2D eigenvalue weighted by molar-refractivity contribution is 7.10. The van der Waals surface area contributed by atoms with Gasteiger partial charge in [-0.3, -0.25) is 4.68 Å². The molecule has 80 valence electrons. The number of halogens is 1. The Balaban J connectivity index is 2.01. The van der Waals surface area contributed by atoms with Crippen LogP contribution in [0.25, 0.3) is 0 Å². The van der Waals surface area contributed by atoms with E-state index in [0.717, 1.165) is 27.6 Å². The van der Waals surface area contributed by atoms with E-state index in [9.17, 15) is 4.39 Å². The number of aromatic nitrogens is 2. The number of nitrogens with one attached hydrogen (secondary N) is 1. The summed E-state index contributed by atoms with van der Waals surface area (Å²) < 4.78 is 14.5. The predicted molar refractivity (Wildman–Crippen MR) is 59.5 cm³/mol. The summed E-state index contributed by atoms with van der Waals surface area (Å²) in [6.45, 7) is 2.58. The fourth-order valence-electron chi connectivity index (χ4n) is 1.40. The molecule has 0 unspecified atom stereocenters. The summed E-state index contributed by atoms with van der Waals surface area (Å²) in [5.41, 5.74) is 1.95. The van der Waals surface area contributed by atoms with Crippen molar-refractivity contribution in [2.75, 3.05) is 5.32 Å². The summed E-state index contributed by atoms with van der Waals surface area (Å²) in [4.78, 5) is 0.982. The largest absolute Gasteiger partial charge is 0.377 e. The van der Waals surface area contributed by atoms with E-state index in [2.05, 4.69) is 10.4 Å². The van der Waals surface area contributed by atoms with Crippen molar-refractivity contribution >= 4 is 17.0 Å². The first-order chi connectivity index (χ1) is 7.15. The Morgan fingerprint density at radius 1 is 1.53 bits per heavy atom. The summed E-state index contributed by atoms with van der Waals surface area (Å²) in [7, 11) is 1.88. The molecular formula is C10H12FN3S. The van der Waals surface area contributed by atoms with Gasteiger partial charge in [0.15, 0.2) is 5.13 Å². The van der Waals surface area contributed by atoms with Crippen LogP contribution in [0, 0.1) is 12.1 Å². The Bertz CT molecular complexity index is 461. The Labute approximate surface area is 91.5 Å². The van der Waals surface area contributed by atoms with Gasteiger partial charge in [0.1, 0.15) is 0 Å². The third-order valence-electron chi connectivity index (χ3n) is 2.10. The molecule has 0 bridgehead atoms. The number of hydrogen-bond donors (Lipinski definition) is 1. The van der Waals surface area contributed by atoms with Gasteiger partial charge in [-0.2, -0.15) is 9.49 Å². The van der Waals surface area contributed by atoms with E-state index in [1.165, 1.54) is 6.07 Å². The monoisotopic (exact) mass is 225 g/mol. The topological polar surface area (TPSA) is 29.9 Å². The van der Waals surface area contributed by atoms with Crippen molar-refractivity contribution in [3.05, 3.63) is 34.0 Å². The molecule has 0 aliphatic heterocycles. The fraction of sp³-hybridized carbons (Fsp3) is 0.300. The third kappa shape index (κ3) is 2.36. The lowest BCUT2D eigenvalue weighted by molar-refractivity contribution is 0.657. The van der Waals surface area contributed by atoms with Crippen molar-refractivity contribution in [2.24, 2.45) is 7.05 Å². The van der Waals surface area contributed by atoms with Gasteiger partial charge in [0.25, 0.3) is 0 Å². The van der Waals surface area contributed by atoms with Crippen LogP contribution in [0.3, 0.4) is 0 Å². The van der Waals surface area contributed by atoms with Crippen molar-refractivity contribution in [3.63, 3.8) is 0 Å². The molecule has 0 atom stereocenters. The van der Waals surface area contributed by atoms with Crippen LogP contribution >= 0.6 is 11.3 Å². The molecule has 0 aromatic carbocycles. The molecule has 15 heavy (non-hydrogen) atoms. The minimum absolute atomic E-state index is 0.144. The zero-order chi connectivity index (χ0) is 10.8. The molecule has 1 N–H and O–H groups in total. The van der Waals surface area contributed by atoms with E-state index >= 15 is 0 Å². The van der Waals surface area contributed by atoms with E-state index in [1.54, 1.807) is 10.7 Å².